The van der Waals surface area contributed by atoms with Crippen molar-refractivity contribution < 1.29 is 4.79 Å². The van der Waals surface area contributed by atoms with E-state index in [9.17, 15) is 4.79 Å². The molecule has 3 N–H and O–H groups in total. The zero-order chi connectivity index (χ0) is 13.1. The molecule has 2 aromatic rings. The van der Waals surface area contributed by atoms with Crippen LogP contribution in [0.3, 0.4) is 0 Å². The average Bonchev–Trinajstić information content (AvgIpc) is 2.78. The van der Waals surface area contributed by atoms with E-state index in [4.69, 9.17) is 17.3 Å². The van der Waals surface area contributed by atoms with Gasteiger partial charge in [0.2, 0.25) is 5.91 Å². The van der Waals surface area contributed by atoms with Gasteiger partial charge in [-0.2, -0.15) is 5.10 Å². The molecule has 0 aliphatic rings. The van der Waals surface area contributed by atoms with Crippen LogP contribution in [0.1, 0.15) is 11.6 Å². The summed E-state index contributed by atoms with van der Waals surface area (Å²) in [6.07, 6.45) is 6.25. The van der Waals surface area contributed by atoms with E-state index < -0.39 is 6.04 Å². The Hall–Kier alpha value is -1.92. The van der Waals surface area contributed by atoms with Gasteiger partial charge < -0.3 is 11.1 Å². The minimum absolute atomic E-state index is 0.363. The third kappa shape index (κ3) is 2.66. The molecule has 2 rings (SSSR count). The second-order valence-corrected chi connectivity index (χ2v) is 4.18. The Labute approximate surface area is 109 Å². The summed E-state index contributed by atoms with van der Waals surface area (Å²) in [5, 5.41) is 7.00. The lowest BCUT2D eigenvalue weighted by Gasteiger charge is -2.11. The van der Waals surface area contributed by atoms with Gasteiger partial charge in [-0.3, -0.25) is 14.5 Å². The molecule has 0 fully saturated rings. The van der Waals surface area contributed by atoms with Gasteiger partial charge in [0.15, 0.2) is 0 Å². The predicted octanol–water partition coefficient (Wildman–Crippen LogP) is 1.11. The molecule has 2 heterocycles. The molecular formula is C11H12ClN5O. The lowest BCUT2D eigenvalue weighted by molar-refractivity contribution is -0.117. The van der Waals surface area contributed by atoms with E-state index in [0.29, 0.717) is 16.3 Å². The third-order valence-electron chi connectivity index (χ3n) is 2.39. The van der Waals surface area contributed by atoms with E-state index in [1.807, 2.05) is 0 Å². The second-order valence-electron chi connectivity index (χ2n) is 3.77. The molecule has 0 saturated carbocycles. The molecule has 7 heteroatoms. The number of pyridine rings is 1. The second kappa shape index (κ2) is 5.16. The monoisotopic (exact) mass is 265 g/mol. The number of nitrogens with two attached hydrogens (primary N) is 1. The normalized spacial score (nSPS) is 12.2. The minimum Gasteiger partial charge on any atom is -0.322 e. The highest BCUT2D eigenvalue weighted by Gasteiger charge is 2.18. The quantitative estimate of drug-likeness (QED) is 0.870. The van der Waals surface area contributed by atoms with Crippen LogP contribution in [0.2, 0.25) is 5.02 Å². The molecule has 0 bridgehead atoms. The van der Waals surface area contributed by atoms with E-state index >= 15 is 0 Å². The van der Waals surface area contributed by atoms with Crippen molar-refractivity contribution in [1.29, 1.82) is 0 Å². The Balaban J connectivity index is 2.11. The highest BCUT2D eigenvalue weighted by molar-refractivity contribution is 6.33. The van der Waals surface area contributed by atoms with Gasteiger partial charge in [0, 0.05) is 25.0 Å². The summed E-state index contributed by atoms with van der Waals surface area (Å²) in [5.41, 5.74) is 6.89. The van der Waals surface area contributed by atoms with Crippen molar-refractivity contribution >= 4 is 23.2 Å². The lowest BCUT2D eigenvalue weighted by atomic mass is 10.1. The molecular weight excluding hydrogens is 254 g/mol. The Bertz CT molecular complexity index is 568. The summed E-state index contributed by atoms with van der Waals surface area (Å²) in [6, 6.07) is 0.794. The van der Waals surface area contributed by atoms with Crippen LogP contribution in [0.4, 0.5) is 5.69 Å². The maximum Gasteiger partial charge on any atom is 0.246 e. The number of rotatable bonds is 3. The van der Waals surface area contributed by atoms with Crippen molar-refractivity contribution in [2.75, 3.05) is 5.32 Å². The van der Waals surface area contributed by atoms with E-state index in [1.54, 1.807) is 36.4 Å². The van der Waals surface area contributed by atoms with Crippen LogP contribution < -0.4 is 11.1 Å². The number of carbonyl (C=O) groups is 1. The molecule has 1 unspecified atom stereocenters. The first-order valence-electron chi connectivity index (χ1n) is 5.22. The molecule has 0 spiro atoms. The van der Waals surface area contributed by atoms with E-state index in [1.165, 1.54) is 6.20 Å². The van der Waals surface area contributed by atoms with Crippen LogP contribution in [0.15, 0.2) is 30.9 Å². The van der Waals surface area contributed by atoms with Crippen LogP contribution in [-0.2, 0) is 11.8 Å². The number of hydrogen-bond donors (Lipinski definition) is 2. The number of halogens is 1. The zero-order valence-electron chi connectivity index (χ0n) is 9.67. The minimum atomic E-state index is -0.796. The van der Waals surface area contributed by atoms with E-state index in [-0.39, 0.29) is 5.91 Å². The van der Waals surface area contributed by atoms with Crippen LogP contribution in [-0.4, -0.2) is 20.7 Å². The molecule has 0 radical (unpaired) electrons. The summed E-state index contributed by atoms with van der Waals surface area (Å²) in [5.74, 6) is -0.363. The number of amides is 1. The highest BCUT2D eigenvalue weighted by atomic mass is 35.5. The molecule has 0 aliphatic heterocycles. The number of nitrogens with zero attached hydrogens (tertiary/aromatic N) is 3. The standard InChI is InChI=1S/C11H12ClN5O/c1-17-6-7(4-15-17)10(13)11(18)16-9-5-14-3-2-8(9)12/h2-6,10H,13H2,1H3,(H,16,18). The maximum atomic E-state index is 11.9. The zero-order valence-corrected chi connectivity index (χ0v) is 10.4. The fraction of sp³-hybridized carbons (Fsp3) is 0.182. The van der Waals surface area contributed by atoms with Crippen LogP contribution >= 0.6 is 11.6 Å². The first-order valence-corrected chi connectivity index (χ1v) is 5.60. The van der Waals surface area contributed by atoms with Crippen molar-refractivity contribution in [3.8, 4) is 0 Å². The maximum absolute atomic E-state index is 11.9. The van der Waals surface area contributed by atoms with Gasteiger partial charge in [-0.25, -0.2) is 0 Å². The van der Waals surface area contributed by atoms with Crippen LogP contribution in [0, 0.1) is 0 Å². The molecule has 0 saturated heterocycles. The van der Waals surface area contributed by atoms with Gasteiger partial charge in [-0.15, -0.1) is 0 Å². The van der Waals surface area contributed by atoms with Gasteiger partial charge in [0.1, 0.15) is 6.04 Å². The predicted molar refractivity (Wildman–Crippen MR) is 68.0 cm³/mol. The summed E-state index contributed by atoms with van der Waals surface area (Å²) in [7, 11) is 1.76. The molecule has 1 atom stereocenters. The molecule has 1 amide bonds. The van der Waals surface area contributed by atoms with Crippen LogP contribution in [0.5, 0.6) is 0 Å². The SMILES string of the molecule is Cn1cc(C(N)C(=O)Nc2cnccc2Cl)cn1. The van der Waals surface area contributed by atoms with Crippen molar-refractivity contribution in [2.24, 2.45) is 12.8 Å². The molecule has 0 aromatic carbocycles. The summed E-state index contributed by atoms with van der Waals surface area (Å²) in [4.78, 5) is 15.8. The van der Waals surface area contributed by atoms with E-state index in [2.05, 4.69) is 15.4 Å². The molecule has 0 aliphatic carbocycles. The van der Waals surface area contributed by atoms with Gasteiger partial charge in [-0.1, -0.05) is 11.6 Å². The van der Waals surface area contributed by atoms with Gasteiger partial charge >= 0.3 is 0 Å². The first kappa shape index (κ1) is 12.5. The van der Waals surface area contributed by atoms with Crippen molar-refractivity contribution in [1.82, 2.24) is 14.8 Å². The van der Waals surface area contributed by atoms with Crippen molar-refractivity contribution in [3.05, 3.63) is 41.4 Å². The van der Waals surface area contributed by atoms with Gasteiger partial charge in [0.05, 0.1) is 23.1 Å². The fourth-order valence-electron chi connectivity index (χ4n) is 1.43. The number of anilines is 1. The number of hydrogen-bond acceptors (Lipinski definition) is 4. The van der Waals surface area contributed by atoms with Crippen molar-refractivity contribution in [2.45, 2.75) is 6.04 Å². The Morgan fingerprint density at radius 1 is 1.56 bits per heavy atom. The summed E-state index contributed by atoms with van der Waals surface area (Å²) < 4.78 is 1.58. The Kier molecular flexibility index (Phi) is 3.59. The fourth-order valence-corrected chi connectivity index (χ4v) is 1.58. The Morgan fingerprint density at radius 3 is 2.94 bits per heavy atom. The number of aryl methyl sites for hydroxylation is 1. The van der Waals surface area contributed by atoms with Gasteiger partial charge in [-0.05, 0) is 6.07 Å². The van der Waals surface area contributed by atoms with Crippen molar-refractivity contribution in [3.63, 3.8) is 0 Å². The van der Waals surface area contributed by atoms with Crippen LogP contribution in [0.25, 0.3) is 0 Å². The lowest BCUT2D eigenvalue weighted by Crippen LogP contribution is -2.27. The summed E-state index contributed by atoms with van der Waals surface area (Å²) >= 11 is 5.91. The topological polar surface area (TPSA) is 85.8 Å². The molecule has 18 heavy (non-hydrogen) atoms. The molecule has 6 nitrogen and oxygen atoms in total. The van der Waals surface area contributed by atoms with E-state index in [0.717, 1.165) is 0 Å². The number of carbonyl (C=O) groups excluding carboxylic acids is 1. The highest BCUT2D eigenvalue weighted by Crippen LogP contribution is 2.20. The number of nitrogens with one attached hydrogen (secondary N) is 1. The number of aromatic nitrogens is 3. The average molecular weight is 266 g/mol. The molecule has 2 aromatic heterocycles. The Morgan fingerprint density at radius 2 is 2.33 bits per heavy atom. The molecule has 94 valence electrons. The van der Waals surface area contributed by atoms with Gasteiger partial charge in [0.25, 0.3) is 0 Å². The first-order chi connectivity index (χ1) is 8.58. The third-order valence-corrected chi connectivity index (χ3v) is 2.72. The smallest absolute Gasteiger partial charge is 0.246 e. The largest absolute Gasteiger partial charge is 0.322 e. The summed E-state index contributed by atoms with van der Waals surface area (Å²) in [6.45, 7) is 0.